The quantitative estimate of drug-likeness (QED) is 0.702. The largest absolute Gasteiger partial charge is 0.395 e. The molecule has 3 nitrogen and oxygen atoms in total. The van der Waals surface area contributed by atoms with Gasteiger partial charge in [-0.1, -0.05) is 13.8 Å². The van der Waals surface area contributed by atoms with Gasteiger partial charge in [-0.2, -0.15) is 0 Å². The summed E-state index contributed by atoms with van der Waals surface area (Å²) in [5.41, 5.74) is 0. The van der Waals surface area contributed by atoms with E-state index in [1.807, 2.05) is 0 Å². The molecule has 1 saturated heterocycles. The predicted molar refractivity (Wildman–Crippen MR) is 51.5 cm³/mol. The van der Waals surface area contributed by atoms with Crippen molar-refractivity contribution in [2.75, 3.05) is 19.7 Å². The summed E-state index contributed by atoms with van der Waals surface area (Å²) < 4.78 is 0. The fourth-order valence-corrected chi connectivity index (χ4v) is 1.96. The van der Waals surface area contributed by atoms with Crippen LogP contribution in [0.25, 0.3) is 0 Å². The van der Waals surface area contributed by atoms with Gasteiger partial charge in [0.1, 0.15) is 5.78 Å². The summed E-state index contributed by atoms with van der Waals surface area (Å²) >= 11 is 0. The Labute approximate surface area is 79.7 Å². The lowest BCUT2D eigenvalue weighted by Crippen LogP contribution is -2.46. The fraction of sp³-hybridized carbons (Fsp3) is 0.900. The van der Waals surface area contributed by atoms with Crippen molar-refractivity contribution in [1.29, 1.82) is 0 Å². The number of rotatable bonds is 3. The minimum absolute atomic E-state index is 0.192. The zero-order chi connectivity index (χ0) is 9.84. The fourth-order valence-electron chi connectivity index (χ4n) is 1.96. The molecule has 1 heterocycles. The number of hydrogen-bond acceptors (Lipinski definition) is 3. The van der Waals surface area contributed by atoms with Crippen molar-refractivity contribution in [3.63, 3.8) is 0 Å². The van der Waals surface area contributed by atoms with Crippen LogP contribution in [0.1, 0.15) is 26.7 Å². The Morgan fingerprint density at radius 2 is 2.31 bits per heavy atom. The summed E-state index contributed by atoms with van der Waals surface area (Å²) in [6.07, 6.45) is 1.32. The highest BCUT2D eigenvalue weighted by Gasteiger charge is 2.28. The molecule has 1 unspecified atom stereocenters. The van der Waals surface area contributed by atoms with E-state index < -0.39 is 0 Å². The molecule has 1 N–H and O–H groups in total. The highest BCUT2D eigenvalue weighted by Crippen LogP contribution is 2.20. The molecule has 0 aromatic heterocycles. The van der Waals surface area contributed by atoms with E-state index in [1.54, 1.807) is 0 Å². The molecule has 1 rings (SSSR count). The number of aliphatic hydroxyl groups excluding tert-OH is 1. The summed E-state index contributed by atoms with van der Waals surface area (Å²) in [6.45, 7) is 5.98. The summed E-state index contributed by atoms with van der Waals surface area (Å²) in [5.74, 6) is 0.865. The van der Waals surface area contributed by atoms with Crippen molar-refractivity contribution in [2.24, 2.45) is 5.92 Å². The first-order valence-corrected chi connectivity index (χ1v) is 5.01. The molecular weight excluding hydrogens is 166 g/mol. The minimum Gasteiger partial charge on any atom is -0.395 e. The summed E-state index contributed by atoms with van der Waals surface area (Å²) in [4.78, 5) is 13.5. The Morgan fingerprint density at radius 3 is 2.85 bits per heavy atom. The number of hydrogen-bond donors (Lipinski definition) is 1. The zero-order valence-electron chi connectivity index (χ0n) is 8.49. The van der Waals surface area contributed by atoms with E-state index in [1.165, 1.54) is 0 Å². The molecule has 1 atom stereocenters. The lowest BCUT2D eigenvalue weighted by molar-refractivity contribution is -0.124. The Morgan fingerprint density at radius 1 is 1.62 bits per heavy atom. The number of aliphatic hydroxyl groups is 1. The van der Waals surface area contributed by atoms with E-state index in [4.69, 9.17) is 5.11 Å². The normalized spacial score (nSPS) is 25.5. The number of likely N-dealkylation sites (tertiary alicyclic amines) is 1. The molecule has 1 aliphatic rings. The number of Topliss-reactive ketones (excluding diaryl/α,β-unsaturated/α-hetero) is 1. The van der Waals surface area contributed by atoms with E-state index in [-0.39, 0.29) is 6.61 Å². The van der Waals surface area contributed by atoms with E-state index in [0.717, 1.165) is 6.54 Å². The van der Waals surface area contributed by atoms with Gasteiger partial charge in [0, 0.05) is 32.0 Å². The van der Waals surface area contributed by atoms with Gasteiger partial charge in [-0.3, -0.25) is 9.69 Å². The molecule has 0 aromatic carbocycles. The monoisotopic (exact) mass is 185 g/mol. The molecular formula is C10H19NO2. The average molecular weight is 185 g/mol. The van der Waals surface area contributed by atoms with Gasteiger partial charge >= 0.3 is 0 Å². The highest BCUT2D eigenvalue weighted by molar-refractivity contribution is 5.80. The smallest absolute Gasteiger partial charge is 0.135 e. The molecule has 0 bridgehead atoms. The topological polar surface area (TPSA) is 40.5 Å². The summed E-state index contributed by atoms with van der Waals surface area (Å²) in [7, 11) is 0. The molecule has 3 heteroatoms. The van der Waals surface area contributed by atoms with Crippen LogP contribution in [0.4, 0.5) is 0 Å². The van der Waals surface area contributed by atoms with E-state index in [0.29, 0.717) is 37.1 Å². The third-order valence-corrected chi connectivity index (χ3v) is 2.74. The number of ketones is 1. The number of carbonyl (C=O) groups excluding carboxylic acids is 1. The second kappa shape index (κ2) is 4.72. The van der Waals surface area contributed by atoms with Crippen molar-refractivity contribution in [2.45, 2.75) is 32.7 Å². The van der Waals surface area contributed by atoms with Crippen LogP contribution in [0.15, 0.2) is 0 Å². The maximum absolute atomic E-state index is 11.2. The molecule has 0 radical (unpaired) electrons. The van der Waals surface area contributed by atoms with E-state index in [2.05, 4.69) is 18.7 Å². The summed E-state index contributed by atoms with van der Waals surface area (Å²) in [5, 5.41) is 8.86. The van der Waals surface area contributed by atoms with Crippen molar-refractivity contribution in [3.8, 4) is 0 Å². The molecule has 13 heavy (non-hydrogen) atoms. The lowest BCUT2D eigenvalue weighted by Gasteiger charge is -2.37. The van der Waals surface area contributed by atoms with Gasteiger partial charge in [-0.15, -0.1) is 0 Å². The Bertz CT molecular complexity index is 180. The molecule has 1 aliphatic heterocycles. The number of β-amino-alcohol motifs (C(OH)–C–C–N with tert-alkyl or cyclic N) is 1. The first-order chi connectivity index (χ1) is 6.15. The van der Waals surface area contributed by atoms with Gasteiger partial charge in [0.15, 0.2) is 0 Å². The first-order valence-electron chi connectivity index (χ1n) is 5.01. The van der Waals surface area contributed by atoms with Crippen LogP contribution < -0.4 is 0 Å². The Balaban J connectivity index is 2.55. The van der Waals surface area contributed by atoms with Crippen LogP contribution in [0.2, 0.25) is 0 Å². The molecule has 0 amide bonds. The van der Waals surface area contributed by atoms with E-state index in [9.17, 15) is 4.79 Å². The van der Waals surface area contributed by atoms with Crippen LogP contribution in [0.3, 0.4) is 0 Å². The van der Waals surface area contributed by atoms with Crippen molar-refractivity contribution >= 4 is 5.78 Å². The second-order valence-corrected chi connectivity index (χ2v) is 4.06. The highest BCUT2D eigenvalue weighted by atomic mass is 16.3. The zero-order valence-corrected chi connectivity index (χ0v) is 8.49. The van der Waals surface area contributed by atoms with E-state index >= 15 is 0 Å². The second-order valence-electron chi connectivity index (χ2n) is 4.06. The molecule has 76 valence electrons. The van der Waals surface area contributed by atoms with Gasteiger partial charge in [0.2, 0.25) is 0 Å². The number of carbonyl (C=O) groups is 1. The number of piperidine rings is 1. The van der Waals surface area contributed by atoms with Crippen LogP contribution in [0, 0.1) is 5.92 Å². The van der Waals surface area contributed by atoms with Gasteiger partial charge in [-0.05, 0) is 5.92 Å². The number of nitrogens with zero attached hydrogens (tertiary/aromatic N) is 1. The lowest BCUT2D eigenvalue weighted by atomic mass is 9.92. The first kappa shape index (κ1) is 10.7. The average Bonchev–Trinajstić information content (AvgIpc) is 2.08. The molecule has 0 saturated carbocycles. The Kier molecular flexibility index (Phi) is 3.88. The van der Waals surface area contributed by atoms with Gasteiger partial charge in [0.05, 0.1) is 6.61 Å². The predicted octanol–water partition coefficient (Wildman–Crippen LogP) is 0.668. The van der Waals surface area contributed by atoms with Crippen LogP contribution >= 0.6 is 0 Å². The van der Waals surface area contributed by atoms with Crippen LogP contribution in [0.5, 0.6) is 0 Å². The van der Waals surface area contributed by atoms with Gasteiger partial charge in [-0.25, -0.2) is 0 Å². The standard InChI is InChI=1S/C10H19NO2/c1-8(2)10-7-9(13)3-4-11(10)5-6-12/h8,10,12H,3-7H2,1-2H3. The molecule has 1 fully saturated rings. The molecule has 0 aromatic rings. The molecule has 0 spiro atoms. The maximum atomic E-state index is 11.2. The van der Waals surface area contributed by atoms with Gasteiger partial charge < -0.3 is 5.11 Å². The third-order valence-electron chi connectivity index (χ3n) is 2.74. The maximum Gasteiger partial charge on any atom is 0.135 e. The van der Waals surface area contributed by atoms with Crippen molar-refractivity contribution < 1.29 is 9.90 Å². The summed E-state index contributed by atoms with van der Waals surface area (Å²) in [6, 6.07) is 0.341. The minimum atomic E-state index is 0.192. The molecule has 0 aliphatic carbocycles. The third kappa shape index (κ3) is 2.78. The Hall–Kier alpha value is -0.410. The van der Waals surface area contributed by atoms with Crippen LogP contribution in [-0.2, 0) is 4.79 Å². The van der Waals surface area contributed by atoms with Gasteiger partial charge in [0.25, 0.3) is 0 Å². The van der Waals surface area contributed by atoms with Crippen molar-refractivity contribution in [3.05, 3.63) is 0 Å². The van der Waals surface area contributed by atoms with Crippen molar-refractivity contribution in [1.82, 2.24) is 4.90 Å². The van der Waals surface area contributed by atoms with Crippen LogP contribution in [-0.4, -0.2) is 41.5 Å². The SMILES string of the molecule is CC(C)C1CC(=O)CCN1CCO.